The molecule has 6 nitrogen and oxygen atoms in total. The summed E-state index contributed by atoms with van der Waals surface area (Å²) in [5.41, 5.74) is 3.78. The average molecular weight is 446 g/mol. The molecule has 3 aromatic rings. The van der Waals surface area contributed by atoms with Gasteiger partial charge in [-0.2, -0.15) is 5.10 Å². The first-order chi connectivity index (χ1) is 15.0. The molecular weight excluding hydrogens is 424 g/mol. The van der Waals surface area contributed by atoms with Crippen molar-refractivity contribution < 1.29 is 8.78 Å². The monoisotopic (exact) mass is 445 g/mol. The van der Waals surface area contributed by atoms with E-state index in [1.807, 2.05) is 21.6 Å². The van der Waals surface area contributed by atoms with Crippen LogP contribution in [0.4, 0.5) is 14.5 Å². The highest BCUT2D eigenvalue weighted by atomic mass is 35.5. The molecule has 0 saturated heterocycles. The van der Waals surface area contributed by atoms with Gasteiger partial charge in [-0.25, -0.2) is 18.9 Å². The lowest BCUT2D eigenvalue weighted by atomic mass is 9.79. The van der Waals surface area contributed by atoms with Crippen molar-refractivity contribution in [3.8, 4) is 0 Å². The van der Waals surface area contributed by atoms with Crippen LogP contribution in [0.25, 0.3) is 0 Å². The fourth-order valence-electron chi connectivity index (χ4n) is 4.45. The average Bonchev–Trinajstić information content (AvgIpc) is 3.11. The van der Waals surface area contributed by atoms with Crippen molar-refractivity contribution in [2.45, 2.75) is 51.1 Å². The standard InChI is InChI=1S/C22H22ClF2N5O/c23-20-19(9-27-28-22(20)31)29-7-6-18-17(11-29)26-12-30(18)10-15-5-4-14(13-2-1-3-13)8-16(15)21(24)25/h4-5,8-9,12-13,21H,1-3,6-7,10-11H2,(H,28,31). The molecule has 5 rings (SSSR count). The van der Waals surface area contributed by atoms with E-state index in [1.165, 1.54) is 12.6 Å². The minimum atomic E-state index is -2.50. The van der Waals surface area contributed by atoms with Crippen molar-refractivity contribution >= 4 is 17.3 Å². The lowest BCUT2D eigenvalue weighted by Gasteiger charge is -2.29. The van der Waals surface area contributed by atoms with Crippen molar-refractivity contribution in [2.24, 2.45) is 0 Å². The number of anilines is 1. The number of H-pyrrole nitrogens is 1. The fraction of sp³-hybridized carbons (Fsp3) is 0.409. The van der Waals surface area contributed by atoms with Gasteiger partial charge in [0.15, 0.2) is 0 Å². The molecule has 3 heterocycles. The SMILES string of the molecule is O=c1[nH]ncc(N2CCc3c(ncn3Cc3ccc(C4CCC4)cc3C(F)F)C2)c1Cl. The van der Waals surface area contributed by atoms with Crippen LogP contribution in [0.1, 0.15) is 59.7 Å². The Morgan fingerprint density at radius 2 is 2.13 bits per heavy atom. The number of alkyl halides is 2. The summed E-state index contributed by atoms with van der Waals surface area (Å²) in [7, 11) is 0. The summed E-state index contributed by atoms with van der Waals surface area (Å²) in [5, 5.41) is 6.25. The zero-order chi connectivity index (χ0) is 21.5. The summed E-state index contributed by atoms with van der Waals surface area (Å²) in [6.45, 7) is 1.47. The number of nitrogens with zero attached hydrogens (tertiary/aromatic N) is 4. The van der Waals surface area contributed by atoms with Crippen LogP contribution in [0.2, 0.25) is 5.02 Å². The van der Waals surface area contributed by atoms with E-state index in [4.69, 9.17) is 11.6 Å². The Kier molecular flexibility index (Phi) is 5.25. The molecule has 0 atom stereocenters. The van der Waals surface area contributed by atoms with E-state index in [0.717, 1.165) is 29.8 Å². The summed E-state index contributed by atoms with van der Waals surface area (Å²) in [6, 6.07) is 5.54. The summed E-state index contributed by atoms with van der Waals surface area (Å²) in [5.74, 6) is 0.421. The quantitative estimate of drug-likeness (QED) is 0.630. The number of hydrogen-bond donors (Lipinski definition) is 1. The van der Waals surface area contributed by atoms with Crippen molar-refractivity contribution in [1.29, 1.82) is 0 Å². The number of aromatic amines is 1. The summed E-state index contributed by atoms with van der Waals surface area (Å²) < 4.78 is 29.5. The number of fused-ring (bicyclic) bond motifs is 1. The van der Waals surface area contributed by atoms with Crippen molar-refractivity contribution in [1.82, 2.24) is 19.7 Å². The van der Waals surface area contributed by atoms with E-state index >= 15 is 0 Å². The Balaban J connectivity index is 1.39. The van der Waals surface area contributed by atoms with Gasteiger partial charge in [0, 0.05) is 30.8 Å². The maximum absolute atomic E-state index is 13.8. The smallest absolute Gasteiger partial charge is 0.285 e. The molecule has 31 heavy (non-hydrogen) atoms. The number of hydrogen-bond acceptors (Lipinski definition) is 4. The molecule has 1 N–H and O–H groups in total. The van der Waals surface area contributed by atoms with Crippen LogP contribution < -0.4 is 10.5 Å². The number of aromatic nitrogens is 4. The van der Waals surface area contributed by atoms with Crippen LogP contribution in [0, 0.1) is 0 Å². The van der Waals surface area contributed by atoms with E-state index in [1.54, 1.807) is 12.4 Å². The topological polar surface area (TPSA) is 66.8 Å². The molecule has 1 saturated carbocycles. The molecule has 0 spiro atoms. The molecule has 1 aliphatic carbocycles. The zero-order valence-electron chi connectivity index (χ0n) is 16.8. The zero-order valence-corrected chi connectivity index (χ0v) is 17.6. The fourth-order valence-corrected chi connectivity index (χ4v) is 4.66. The van der Waals surface area contributed by atoms with Gasteiger partial charge in [0.1, 0.15) is 5.02 Å². The maximum Gasteiger partial charge on any atom is 0.285 e. The van der Waals surface area contributed by atoms with Crippen LogP contribution in [0.3, 0.4) is 0 Å². The predicted octanol–water partition coefficient (Wildman–Crippen LogP) is 4.44. The van der Waals surface area contributed by atoms with Crippen molar-refractivity contribution in [3.05, 3.63) is 74.2 Å². The van der Waals surface area contributed by atoms with Gasteiger partial charge in [-0.3, -0.25) is 4.79 Å². The highest BCUT2D eigenvalue weighted by Crippen LogP contribution is 2.38. The summed E-state index contributed by atoms with van der Waals surface area (Å²) >= 11 is 6.14. The molecular formula is C22H22ClF2N5O. The van der Waals surface area contributed by atoms with E-state index in [-0.39, 0.29) is 10.6 Å². The van der Waals surface area contributed by atoms with Gasteiger partial charge in [0.2, 0.25) is 0 Å². The molecule has 0 amide bonds. The third-order valence-electron chi connectivity index (χ3n) is 6.43. The van der Waals surface area contributed by atoms with Crippen molar-refractivity contribution in [3.63, 3.8) is 0 Å². The number of rotatable bonds is 5. The highest BCUT2D eigenvalue weighted by molar-refractivity contribution is 6.32. The molecule has 1 aliphatic heterocycles. The van der Waals surface area contributed by atoms with Gasteiger partial charge in [-0.05, 0) is 36.0 Å². The van der Waals surface area contributed by atoms with Crippen LogP contribution in [0.5, 0.6) is 0 Å². The van der Waals surface area contributed by atoms with Crippen LogP contribution >= 0.6 is 11.6 Å². The largest absolute Gasteiger partial charge is 0.362 e. The van der Waals surface area contributed by atoms with Crippen LogP contribution in [-0.2, 0) is 19.5 Å². The first-order valence-corrected chi connectivity index (χ1v) is 10.8. The Hall–Kier alpha value is -2.74. The second kappa shape index (κ2) is 8.07. The predicted molar refractivity (Wildman–Crippen MR) is 114 cm³/mol. The Labute approximate surface area is 182 Å². The Morgan fingerprint density at radius 3 is 2.87 bits per heavy atom. The molecule has 0 unspecified atom stereocenters. The normalized spacial score (nSPS) is 16.5. The van der Waals surface area contributed by atoms with Crippen molar-refractivity contribution in [2.75, 3.05) is 11.4 Å². The van der Waals surface area contributed by atoms with Gasteiger partial charge in [-0.1, -0.05) is 30.2 Å². The lowest BCUT2D eigenvalue weighted by molar-refractivity contribution is 0.150. The number of halogens is 3. The van der Waals surface area contributed by atoms with Gasteiger partial charge < -0.3 is 9.47 Å². The minimum Gasteiger partial charge on any atom is -0.362 e. The Morgan fingerprint density at radius 1 is 1.29 bits per heavy atom. The summed E-state index contributed by atoms with van der Waals surface area (Å²) in [6.07, 6.45) is 4.75. The van der Waals surface area contributed by atoms with E-state index < -0.39 is 12.0 Å². The minimum absolute atomic E-state index is 0.103. The first kappa shape index (κ1) is 20.2. The van der Waals surface area contributed by atoms with Crippen LogP contribution in [-0.4, -0.2) is 26.3 Å². The molecule has 2 aromatic heterocycles. The second-order valence-corrected chi connectivity index (χ2v) is 8.60. The molecule has 1 fully saturated rings. The molecule has 0 bridgehead atoms. The maximum atomic E-state index is 13.8. The molecule has 2 aliphatic rings. The van der Waals surface area contributed by atoms with Gasteiger partial charge in [-0.15, -0.1) is 0 Å². The van der Waals surface area contributed by atoms with Gasteiger partial charge in [0.25, 0.3) is 12.0 Å². The number of imidazole rings is 1. The molecule has 0 radical (unpaired) electrons. The van der Waals surface area contributed by atoms with Gasteiger partial charge >= 0.3 is 0 Å². The second-order valence-electron chi connectivity index (χ2n) is 8.22. The summed E-state index contributed by atoms with van der Waals surface area (Å²) in [4.78, 5) is 18.2. The van der Waals surface area contributed by atoms with Gasteiger partial charge in [0.05, 0.1) is 30.5 Å². The van der Waals surface area contributed by atoms with E-state index in [2.05, 4.69) is 15.2 Å². The number of nitrogens with one attached hydrogen (secondary N) is 1. The number of benzene rings is 1. The van der Waals surface area contributed by atoms with E-state index in [0.29, 0.717) is 43.2 Å². The molecule has 1 aromatic carbocycles. The third kappa shape index (κ3) is 3.73. The molecule has 162 valence electrons. The molecule has 9 heteroatoms. The lowest BCUT2D eigenvalue weighted by Crippen LogP contribution is -2.32. The first-order valence-electron chi connectivity index (χ1n) is 10.4. The highest BCUT2D eigenvalue weighted by Gasteiger charge is 2.25. The van der Waals surface area contributed by atoms with E-state index in [9.17, 15) is 13.6 Å². The Bertz CT molecular complexity index is 1170. The van der Waals surface area contributed by atoms with Crippen LogP contribution in [0.15, 0.2) is 35.5 Å². The third-order valence-corrected chi connectivity index (χ3v) is 6.80.